The second-order valence-electron chi connectivity index (χ2n) is 9.54. The number of fused-ring (bicyclic) bond motifs is 7. The van der Waals surface area contributed by atoms with Gasteiger partial charge in [0.2, 0.25) is 0 Å². The number of pyridine rings is 1. The number of anilines is 1. The Morgan fingerprint density at radius 2 is 1.78 bits per heavy atom. The van der Waals surface area contributed by atoms with E-state index < -0.39 is 0 Å². The maximum absolute atomic E-state index is 4.69. The molecular weight excluding hydrogens is 348 g/mol. The van der Waals surface area contributed by atoms with Gasteiger partial charge in [-0.25, -0.2) is 4.98 Å². The number of para-hydroxylation sites is 1. The highest BCUT2D eigenvalue weighted by Crippen LogP contribution is 2.69. The first kappa shape index (κ1) is 17.2. The van der Waals surface area contributed by atoms with Crippen molar-refractivity contribution in [2.45, 2.75) is 65.5 Å². The first-order valence-corrected chi connectivity index (χ1v) is 10.7. The van der Waals surface area contributed by atoms with Crippen LogP contribution in [0.5, 0.6) is 0 Å². The fourth-order valence-corrected chi connectivity index (χ4v) is 7.32. The van der Waals surface area contributed by atoms with E-state index in [-0.39, 0.29) is 16.4 Å². The lowest BCUT2D eigenvalue weighted by atomic mass is 9.52. The van der Waals surface area contributed by atoms with Gasteiger partial charge in [-0.05, 0) is 43.4 Å². The summed E-state index contributed by atoms with van der Waals surface area (Å²) in [5, 5.41) is 1.34. The summed E-state index contributed by atoms with van der Waals surface area (Å²) in [5.41, 5.74) is 5.85. The van der Waals surface area contributed by atoms with E-state index >= 15 is 0 Å². The average Bonchev–Trinajstić information content (AvgIpc) is 3.10. The van der Waals surface area contributed by atoms with E-state index in [1.165, 1.54) is 37.5 Å². The van der Waals surface area contributed by atoms with Crippen molar-refractivity contribution in [2.75, 3.05) is 4.90 Å². The zero-order valence-corrected chi connectivity index (χ0v) is 18.2. The van der Waals surface area contributed by atoms with Crippen LogP contribution in [0.3, 0.4) is 0 Å². The molecule has 0 saturated carbocycles. The molecule has 2 aliphatic rings. The fourth-order valence-electron chi connectivity index (χ4n) is 5.78. The molecule has 27 heavy (non-hydrogen) atoms. The first-order valence-electron chi connectivity index (χ1n) is 9.91. The maximum Gasteiger partial charge on any atom is 0.123 e. The van der Waals surface area contributed by atoms with Gasteiger partial charge in [-0.2, -0.15) is 0 Å². The molecule has 0 spiro atoms. The van der Waals surface area contributed by atoms with Gasteiger partial charge in [0, 0.05) is 33.1 Å². The monoisotopic (exact) mass is 376 g/mol. The molecule has 3 aromatic rings. The number of rotatable bonds is 0. The zero-order chi connectivity index (χ0) is 19.4. The number of aromatic nitrogens is 1. The van der Waals surface area contributed by atoms with Gasteiger partial charge in [0.25, 0.3) is 0 Å². The number of nitrogens with zero attached hydrogens (tertiary/aromatic N) is 2. The van der Waals surface area contributed by atoms with Gasteiger partial charge in [0.05, 0.1) is 11.6 Å². The number of aryl methyl sites for hydroxylation is 1. The van der Waals surface area contributed by atoms with Gasteiger partial charge in [-0.3, -0.25) is 0 Å². The third-order valence-corrected chi connectivity index (χ3v) is 9.51. The van der Waals surface area contributed by atoms with E-state index in [2.05, 4.69) is 83.7 Å². The molecule has 2 atom stereocenters. The molecule has 140 valence electrons. The quantitative estimate of drug-likeness (QED) is 0.433. The summed E-state index contributed by atoms with van der Waals surface area (Å²) < 4.78 is 0. The molecule has 2 nitrogen and oxygen atoms in total. The molecule has 1 aromatic carbocycles. The highest BCUT2D eigenvalue weighted by atomic mass is 32.1. The van der Waals surface area contributed by atoms with Crippen LogP contribution in [0.1, 0.15) is 69.2 Å². The molecule has 0 N–H and O–H groups in total. The Morgan fingerprint density at radius 1 is 1.04 bits per heavy atom. The zero-order valence-electron chi connectivity index (χ0n) is 17.3. The summed E-state index contributed by atoms with van der Waals surface area (Å²) >= 11 is 1.91. The predicted molar refractivity (Wildman–Crippen MR) is 116 cm³/mol. The van der Waals surface area contributed by atoms with Crippen LogP contribution in [0.25, 0.3) is 10.2 Å². The second kappa shape index (κ2) is 4.94. The predicted octanol–water partition coefficient (Wildman–Crippen LogP) is 6.72. The van der Waals surface area contributed by atoms with Crippen molar-refractivity contribution in [1.29, 1.82) is 0 Å². The Bertz CT molecular complexity index is 1090. The normalized spacial score (nSPS) is 27.4. The minimum absolute atomic E-state index is 0.0567. The topological polar surface area (TPSA) is 16.1 Å². The Balaban J connectivity index is 1.94. The van der Waals surface area contributed by atoms with E-state index in [4.69, 9.17) is 4.98 Å². The van der Waals surface area contributed by atoms with Crippen molar-refractivity contribution in [3.8, 4) is 0 Å². The number of thiophene rings is 1. The third kappa shape index (κ3) is 1.71. The number of hydrogen-bond acceptors (Lipinski definition) is 3. The van der Waals surface area contributed by atoms with Gasteiger partial charge in [0.15, 0.2) is 0 Å². The van der Waals surface area contributed by atoms with E-state index in [1.807, 2.05) is 17.5 Å². The minimum Gasteiger partial charge on any atom is -0.353 e. The van der Waals surface area contributed by atoms with Crippen molar-refractivity contribution in [1.82, 2.24) is 4.98 Å². The summed E-state index contributed by atoms with van der Waals surface area (Å²) in [6.45, 7) is 16.9. The number of hydrogen-bond donors (Lipinski definition) is 0. The van der Waals surface area contributed by atoms with E-state index in [0.29, 0.717) is 6.04 Å². The average molecular weight is 377 g/mol. The molecule has 0 saturated heterocycles. The SMILES string of the molecule is Cc1cccc2c1N1C(C)c3c(sc4ncccc34)C1(C)C(C)(C)C2(C)C. The van der Waals surface area contributed by atoms with Crippen LogP contribution in [0, 0.1) is 12.3 Å². The van der Waals surface area contributed by atoms with Crippen LogP contribution < -0.4 is 4.90 Å². The van der Waals surface area contributed by atoms with Crippen molar-refractivity contribution >= 4 is 27.2 Å². The lowest BCUT2D eigenvalue weighted by molar-refractivity contribution is 0.0672. The van der Waals surface area contributed by atoms with Crippen LogP contribution in [0.15, 0.2) is 36.5 Å². The van der Waals surface area contributed by atoms with Gasteiger partial charge in [-0.15, -0.1) is 11.3 Å². The van der Waals surface area contributed by atoms with E-state index in [0.717, 1.165) is 0 Å². The molecule has 2 aliphatic heterocycles. The largest absolute Gasteiger partial charge is 0.353 e. The van der Waals surface area contributed by atoms with Gasteiger partial charge >= 0.3 is 0 Å². The standard InChI is InChI=1S/C24H28N2S/c1-14-10-8-12-17-19(14)26-15(2)18-16-11-9-13-25-21(16)27-20(18)24(26,7)23(5,6)22(17,3)4/h8-13,15H,1-7H3. The highest BCUT2D eigenvalue weighted by Gasteiger charge is 2.64. The van der Waals surface area contributed by atoms with Gasteiger partial charge in [-0.1, -0.05) is 52.0 Å². The molecule has 2 aromatic heterocycles. The number of benzene rings is 1. The second-order valence-corrected chi connectivity index (χ2v) is 10.5. The molecule has 3 heteroatoms. The van der Waals surface area contributed by atoms with Gasteiger partial charge < -0.3 is 4.90 Å². The molecule has 0 amide bonds. The lowest BCUT2D eigenvalue weighted by Gasteiger charge is -2.62. The molecule has 0 aliphatic carbocycles. The Morgan fingerprint density at radius 3 is 2.52 bits per heavy atom. The smallest absolute Gasteiger partial charge is 0.123 e. The summed E-state index contributed by atoms with van der Waals surface area (Å²) in [6, 6.07) is 11.5. The van der Waals surface area contributed by atoms with Crippen molar-refractivity contribution in [3.05, 3.63) is 58.1 Å². The summed E-state index contributed by atoms with van der Waals surface area (Å²) in [7, 11) is 0. The lowest BCUT2D eigenvalue weighted by Crippen LogP contribution is -2.61. The molecule has 4 heterocycles. The summed E-state index contributed by atoms with van der Waals surface area (Å²) in [5.74, 6) is 0. The highest BCUT2D eigenvalue weighted by molar-refractivity contribution is 7.19. The fraction of sp³-hybridized carbons (Fsp3) is 0.458. The summed E-state index contributed by atoms with van der Waals surface area (Å²) in [6.07, 6.45) is 1.92. The van der Waals surface area contributed by atoms with Gasteiger partial charge in [0.1, 0.15) is 4.83 Å². The Hall–Kier alpha value is -1.87. The molecule has 0 radical (unpaired) electrons. The molecule has 5 rings (SSSR count). The van der Waals surface area contributed by atoms with E-state index in [1.54, 1.807) is 0 Å². The Labute approximate surface area is 166 Å². The summed E-state index contributed by atoms with van der Waals surface area (Å²) in [4.78, 5) is 10.1. The van der Waals surface area contributed by atoms with Crippen LogP contribution >= 0.6 is 11.3 Å². The van der Waals surface area contributed by atoms with Crippen LogP contribution in [0.4, 0.5) is 5.69 Å². The Kier molecular flexibility index (Phi) is 3.15. The molecule has 2 unspecified atom stereocenters. The van der Waals surface area contributed by atoms with Crippen LogP contribution in [-0.4, -0.2) is 4.98 Å². The van der Waals surface area contributed by atoms with Crippen molar-refractivity contribution in [3.63, 3.8) is 0 Å². The first-order chi connectivity index (χ1) is 12.6. The van der Waals surface area contributed by atoms with E-state index in [9.17, 15) is 0 Å². The molecule has 0 bridgehead atoms. The van der Waals surface area contributed by atoms with Crippen LogP contribution in [0.2, 0.25) is 0 Å². The van der Waals surface area contributed by atoms with Crippen molar-refractivity contribution in [2.24, 2.45) is 5.41 Å². The molecule has 0 fully saturated rings. The van der Waals surface area contributed by atoms with Crippen molar-refractivity contribution < 1.29 is 0 Å². The van der Waals surface area contributed by atoms with Crippen LogP contribution in [-0.2, 0) is 11.0 Å². The minimum atomic E-state index is -0.0598. The maximum atomic E-state index is 4.69. The third-order valence-electron chi connectivity index (χ3n) is 8.17. The molecular formula is C24H28N2S.